The van der Waals surface area contributed by atoms with Crippen LogP contribution >= 0.6 is 0 Å². The minimum Gasteiger partial charge on any atom is -0.345 e. The number of carbonyl (C=O) groups excluding carboxylic acids is 1. The monoisotopic (exact) mass is 454 g/mol. The van der Waals surface area contributed by atoms with E-state index in [9.17, 15) is 13.2 Å². The van der Waals surface area contributed by atoms with Gasteiger partial charge in [0, 0.05) is 43.6 Å². The fraction of sp³-hybridized carbons (Fsp3) is 0.500. The first kappa shape index (κ1) is 22.6. The summed E-state index contributed by atoms with van der Waals surface area (Å²) in [5.74, 6) is -0.0180. The number of carbonyl (C=O) groups is 1. The molecule has 1 aromatic heterocycles. The van der Waals surface area contributed by atoms with Gasteiger partial charge in [0.15, 0.2) is 0 Å². The van der Waals surface area contributed by atoms with Crippen molar-refractivity contribution in [1.82, 2.24) is 13.8 Å². The number of nitrogens with zero attached hydrogens (tertiary/aromatic N) is 4. The number of amides is 1. The summed E-state index contributed by atoms with van der Waals surface area (Å²) < 4.78 is 29.6. The van der Waals surface area contributed by atoms with E-state index in [1.807, 2.05) is 19.1 Å². The second-order valence-corrected chi connectivity index (χ2v) is 10.7. The predicted molar refractivity (Wildman–Crippen MR) is 122 cm³/mol. The number of nitriles is 1. The van der Waals surface area contributed by atoms with Crippen LogP contribution in [0.25, 0.3) is 0 Å². The lowest BCUT2D eigenvalue weighted by Crippen LogP contribution is -2.50. The molecule has 2 heterocycles. The molecule has 2 aliphatic rings. The molecule has 2 aromatic rings. The van der Waals surface area contributed by atoms with Gasteiger partial charge in [-0.25, -0.2) is 8.42 Å². The highest BCUT2D eigenvalue weighted by atomic mass is 32.2. The number of aryl methyl sites for hydroxylation is 1. The normalized spacial score (nSPS) is 18.5. The van der Waals surface area contributed by atoms with E-state index >= 15 is 0 Å². The predicted octanol–water partition coefficient (Wildman–Crippen LogP) is 3.63. The maximum atomic E-state index is 13.3. The van der Waals surface area contributed by atoms with Crippen LogP contribution in [0.3, 0.4) is 0 Å². The summed E-state index contributed by atoms with van der Waals surface area (Å²) in [6.45, 7) is 5.34. The number of hydrogen-bond donors (Lipinski definition) is 0. The first-order valence-electron chi connectivity index (χ1n) is 11.3. The van der Waals surface area contributed by atoms with Crippen LogP contribution in [0.4, 0.5) is 0 Å². The van der Waals surface area contributed by atoms with E-state index in [2.05, 4.69) is 11.5 Å². The third kappa shape index (κ3) is 4.19. The Morgan fingerprint density at radius 1 is 1.00 bits per heavy atom. The van der Waals surface area contributed by atoms with Crippen molar-refractivity contribution in [3.05, 3.63) is 52.8 Å². The summed E-state index contributed by atoms with van der Waals surface area (Å²) in [5, 5.41) is 8.92. The molecule has 0 spiro atoms. The molecule has 0 bridgehead atoms. The Kier molecular flexibility index (Phi) is 6.40. The lowest BCUT2D eigenvalue weighted by molar-refractivity contribution is 0.0697. The van der Waals surface area contributed by atoms with E-state index in [1.165, 1.54) is 47.8 Å². The quantitative estimate of drug-likeness (QED) is 0.706. The van der Waals surface area contributed by atoms with E-state index < -0.39 is 10.0 Å². The van der Waals surface area contributed by atoms with Gasteiger partial charge in [0.05, 0.1) is 22.1 Å². The highest BCUT2D eigenvalue weighted by molar-refractivity contribution is 7.89. The van der Waals surface area contributed by atoms with Crippen molar-refractivity contribution in [1.29, 1.82) is 5.26 Å². The van der Waals surface area contributed by atoms with Gasteiger partial charge in [-0.2, -0.15) is 9.57 Å². The van der Waals surface area contributed by atoms with Crippen molar-refractivity contribution in [3.63, 3.8) is 0 Å². The summed E-state index contributed by atoms with van der Waals surface area (Å²) in [5.41, 5.74) is 3.30. The number of piperazine rings is 1. The Balaban J connectivity index is 1.45. The van der Waals surface area contributed by atoms with Crippen LogP contribution in [-0.2, 0) is 10.0 Å². The molecule has 0 N–H and O–H groups in total. The number of aromatic nitrogens is 1. The number of hydrogen-bond acceptors (Lipinski definition) is 4. The minimum atomic E-state index is -3.64. The van der Waals surface area contributed by atoms with Gasteiger partial charge in [0.2, 0.25) is 10.0 Å². The highest BCUT2D eigenvalue weighted by Gasteiger charge is 2.32. The summed E-state index contributed by atoms with van der Waals surface area (Å²) >= 11 is 0. The molecule has 0 radical (unpaired) electrons. The van der Waals surface area contributed by atoms with Gasteiger partial charge >= 0.3 is 0 Å². The molecule has 0 atom stereocenters. The molecule has 0 unspecified atom stereocenters. The number of rotatable bonds is 4. The van der Waals surface area contributed by atoms with Crippen LogP contribution in [0.1, 0.15) is 65.5 Å². The van der Waals surface area contributed by atoms with Gasteiger partial charge in [-0.05, 0) is 57.0 Å². The molecule has 1 aromatic carbocycles. The van der Waals surface area contributed by atoms with Crippen LogP contribution in [0.2, 0.25) is 0 Å². The zero-order valence-electron chi connectivity index (χ0n) is 18.7. The van der Waals surface area contributed by atoms with Crippen molar-refractivity contribution < 1.29 is 13.2 Å². The van der Waals surface area contributed by atoms with Gasteiger partial charge in [-0.3, -0.25) is 4.79 Å². The zero-order chi connectivity index (χ0) is 22.9. The zero-order valence-corrected chi connectivity index (χ0v) is 19.6. The molecule has 4 rings (SSSR count). The second-order valence-electron chi connectivity index (χ2n) is 8.78. The van der Waals surface area contributed by atoms with Crippen LogP contribution in [0.5, 0.6) is 0 Å². The van der Waals surface area contributed by atoms with E-state index in [4.69, 9.17) is 5.26 Å². The molecule has 1 aliphatic carbocycles. The van der Waals surface area contributed by atoms with Gasteiger partial charge in [0.1, 0.15) is 0 Å². The van der Waals surface area contributed by atoms with Crippen molar-refractivity contribution in [3.8, 4) is 6.07 Å². The molecule has 7 nitrogen and oxygen atoms in total. The summed E-state index contributed by atoms with van der Waals surface area (Å²) in [6.07, 6.45) is 6.09. The Hall–Kier alpha value is -2.63. The third-order valence-corrected chi connectivity index (χ3v) is 8.71. The Labute approximate surface area is 190 Å². The van der Waals surface area contributed by atoms with Gasteiger partial charge < -0.3 is 9.47 Å². The van der Waals surface area contributed by atoms with E-state index in [0.29, 0.717) is 24.7 Å². The van der Waals surface area contributed by atoms with Crippen molar-refractivity contribution >= 4 is 15.9 Å². The smallest absolute Gasteiger partial charge is 0.255 e. The van der Waals surface area contributed by atoms with E-state index in [1.54, 1.807) is 4.90 Å². The summed E-state index contributed by atoms with van der Waals surface area (Å²) in [4.78, 5) is 15.2. The maximum absolute atomic E-state index is 13.3. The molecule has 170 valence electrons. The lowest BCUT2D eigenvalue weighted by atomic mass is 9.95. The summed E-state index contributed by atoms with van der Waals surface area (Å²) in [6, 6.07) is 10.4. The van der Waals surface area contributed by atoms with Gasteiger partial charge in [0.25, 0.3) is 5.91 Å². The SMILES string of the molecule is Cc1cc(C(=O)N2CCN(S(=O)(=O)c3ccc(C#N)cc3)CC2)c(C)n1C1CCCCC1. The Morgan fingerprint density at radius 3 is 2.22 bits per heavy atom. The molecular formula is C24H30N4O3S. The summed E-state index contributed by atoms with van der Waals surface area (Å²) in [7, 11) is -3.64. The Bertz CT molecular complexity index is 1130. The highest BCUT2D eigenvalue weighted by Crippen LogP contribution is 2.32. The van der Waals surface area contributed by atoms with Crippen LogP contribution in [0.15, 0.2) is 35.2 Å². The van der Waals surface area contributed by atoms with Crippen molar-refractivity contribution in [2.24, 2.45) is 0 Å². The topological polar surface area (TPSA) is 86.4 Å². The Morgan fingerprint density at radius 2 is 1.62 bits per heavy atom. The molecule has 1 saturated heterocycles. The first-order valence-corrected chi connectivity index (χ1v) is 12.7. The number of benzene rings is 1. The van der Waals surface area contributed by atoms with Crippen molar-refractivity contribution in [2.45, 2.75) is 56.9 Å². The van der Waals surface area contributed by atoms with E-state index in [0.717, 1.165) is 29.8 Å². The van der Waals surface area contributed by atoms with Crippen LogP contribution in [-0.4, -0.2) is 54.3 Å². The van der Waals surface area contributed by atoms with Gasteiger partial charge in [-0.1, -0.05) is 19.3 Å². The molecule has 2 fully saturated rings. The number of sulfonamides is 1. The van der Waals surface area contributed by atoms with Crippen molar-refractivity contribution in [2.75, 3.05) is 26.2 Å². The van der Waals surface area contributed by atoms with Crippen LogP contribution in [0, 0.1) is 25.2 Å². The molecule has 32 heavy (non-hydrogen) atoms. The van der Waals surface area contributed by atoms with E-state index in [-0.39, 0.29) is 23.9 Å². The molecule has 1 amide bonds. The maximum Gasteiger partial charge on any atom is 0.255 e. The van der Waals surface area contributed by atoms with Gasteiger partial charge in [-0.15, -0.1) is 0 Å². The molecular weight excluding hydrogens is 424 g/mol. The molecule has 1 aliphatic heterocycles. The molecule has 1 saturated carbocycles. The largest absolute Gasteiger partial charge is 0.345 e. The lowest BCUT2D eigenvalue weighted by Gasteiger charge is -2.34. The standard InChI is InChI=1S/C24H30N4O3S/c1-18-16-23(19(2)28(18)21-6-4-3-5-7-21)24(29)26-12-14-27(15-13-26)32(30,31)22-10-8-20(17-25)9-11-22/h8-11,16,21H,3-7,12-15H2,1-2H3. The van der Waals surface area contributed by atoms with Crippen LogP contribution < -0.4 is 0 Å². The first-order chi connectivity index (χ1) is 15.3. The fourth-order valence-electron chi connectivity index (χ4n) is 5.05. The minimum absolute atomic E-state index is 0.0180. The average Bonchev–Trinajstić information content (AvgIpc) is 3.13. The average molecular weight is 455 g/mol. The molecule has 8 heteroatoms. The fourth-order valence-corrected chi connectivity index (χ4v) is 6.47. The second kappa shape index (κ2) is 9.08. The third-order valence-electron chi connectivity index (χ3n) is 6.80.